The molecule has 0 saturated heterocycles. The highest BCUT2D eigenvalue weighted by Crippen LogP contribution is 2.32. The van der Waals surface area contributed by atoms with E-state index in [0.717, 1.165) is 6.42 Å². The van der Waals surface area contributed by atoms with Gasteiger partial charge in [-0.15, -0.1) is 0 Å². The molecule has 0 bridgehead atoms. The van der Waals surface area contributed by atoms with Crippen molar-refractivity contribution in [3.63, 3.8) is 0 Å². The fraction of sp³-hybridized carbons (Fsp3) is 0.667. The number of alkyl halides is 1. The second kappa shape index (κ2) is 3.01. The Morgan fingerprint density at radius 1 is 1.62 bits per heavy atom. The molecule has 13 heavy (non-hydrogen) atoms. The molecule has 3 nitrogen and oxygen atoms in total. The summed E-state index contributed by atoms with van der Waals surface area (Å²) in [4.78, 5) is 10.6. The van der Waals surface area contributed by atoms with Gasteiger partial charge in [-0.1, -0.05) is 0 Å². The fourth-order valence-electron chi connectivity index (χ4n) is 2.11. The van der Waals surface area contributed by atoms with Gasteiger partial charge in [-0.05, 0) is 25.3 Å². The highest BCUT2D eigenvalue weighted by Gasteiger charge is 2.35. The summed E-state index contributed by atoms with van der Waals surface area (Å²) in [5.74, 6) is -0.861. The van der Waals surface area contributed by atoms with Crippen molar-refractivity contribution >= 4 is 5.97 Å². The largest absolute Gasteiger partial charge is 0.477 e. The van der Waals surface area contributed by atoms with Crippen LogP contribution in [-0.4, -0.2) is 23.3 Å². The third-order valence-corrected chi connectivity index (χ3v) is 2.79. The van der Waals surface area contributed by atoms with Crippen molar-refractivity contribution in [2.24, 2.45) is 5.92 Å². The Hall–Kier alpha value is -1.06. The number of fused-ring (bicyclic) bond motifs is 1. The Kier molecular flexibility index (Phi) is 1.98. The van der Waals surface area contributed by atoms with Crippen LogP contribution in [-0.2, 0) is 4.79 Å². The third-order valence-electron chi connectivity index (χ3n) is 2.79. The van der Waals surface area contributed by atoms with Crippen LogP contribution < -0.4 is 5.32 Å². The number of rotatable bonds is 1. The van der Waals surface area contributed by atoms with Gasteiger partial charge < -0.3 is 10.4 Å². The first kappa shape index (κ1) is 8.53. The van der Waals surface area contributed by atoms with Gasteiger partial charge in [0.2, 0.25) is 0 Å². The second-order valence-electron chi connectivity index (χ2n) is 3.71. The minimum Gasteiger partial charge on any atom is -0.477 e. The molecule has 1 saturated carbocycles. The number of halogens is 1. The normalized spacial score (nSPS) is 37.6. The number of nitrogens with one attached hydrogen (secondary N) is 1. The summed E-state index contributed by atoms with van der Waals surface area (Å²) in [6.45, 7) is 0. The number of carbonyl (C=O) groups is 1. The smallest absolute Gasteiger partial charge is 0.351 e. The van der Waals surface area contributed by atoms with Crippen molar-refractivity contribution in [3.8, 4) is 0 Å². The van der Waals surface area contributed by atoms with Gasteiger partial charge >= 0.3 is 5.97 Å². The summed E-state index contributed by atoms with van der Waals surface area (Å²) >= 11 is 0. The number of hydrogen-bond acceptors (Lipinski definition) is 2. The summed E-state index contributed by atoms with van der Waals surface area (Å²) in [5.41, 5.74) is 0.240. The molecule has 0 aromatic rings. The number of hydrogen-bond donors (Lipinski definition) is 2. The average Bonchev–Trinajstić information content (AvgIpc) is 2.46. The number of carboxylic acid groups (broad SMARTS) is 1. The van der Waals surface area contributed by atoms with Gasteiger partial charge in [0.15, 0.2) is 0 Å². The first-order valence-corrected chi connectivity index (χ1v) is 4.52. The van der Waals surface area contributed by atoms with Crippen LogP contribution in [0.5, 0.6) is 0 Å². The highest BCUT2D eigenvalue weighted by molar-refractivity contribution is 5.86. The maximum absolute atomic E-state index is 12.9. The molecular weight excluding hydrogens is 173 g/mol. The van der Waals surface area contributed by atoms with Crippen molar-refractivity contribution in [1.29, 1.82) is 0 Å². The summed E-state index contributed by atoms with van der Waals surface area (Å²) in [6.07, 6.45) is 2.65. The molecular formula is C9H12FNO2. The van der Waals surface area contributed by atoms with Gasteiger partial charge in [-0.3, -0.25) is 0 Å². The summed E-state index contributed by atoms with van der Waals surface area (Å²) in [7, 11) is 0. The predicted molar refractivity (Wildman–Crippen MR) is 44.9 cm³/mol. The van der Waals surface area contributed by atoms with E-state index in [9.17, 15) is 9.18 Å². The number of aliphatic carboxylic acids is 1. The van der Waals surface area contributed by atoms with Crippen molar-refractivity contribution in [2.45, 2.75) is 31.5 Å². The third kappa shape index (κ3) is 1.53. The average molecular weight is 185 g/mol. The highest BCUT2D eigenvalue weighted by atomic mass is 19.1. The molecule has 1 fully saturated rings. The van der Waals surface area contributed by atoms with Crippen LogP contribution in [0.1, 0.15) is 19.3 Å². The topological polar surface area (TPSA) is 49.3 Å². The van der Waals surface area contributed by atoms with Crippen LogP contribution in [0.2, 0.25) is 0 Å². The molecule has 2 aliphatic rings. The maximum atomic E-state index is 12.9. The molecule has 1 aliphatic heterocycles. The van der Waals surface area contributed by atoms with E-state index < -0.39 is 12.1 Å². The SMILES string of the molecule is O=C(O)C1=CC2CC(F)CCC2N1. The minimum atomic E-state index is -0.940. The fourth-order valence-corrected chi connectivity index (χ4v) is 2.11. The van der Waals surface area contributed by atoms with Gasteiger partial charge in [0.05, 0.1) is 0 Å². The molecule has 72 valence electrons. The van der Waals surface area contributed by atoms with Crippen LogP contribution >= 0.6 is 0 Å². The van der Waals surface area contributed by atoms with Crippen molar-refractivity contribution in [1.82, 2.24) is 5.32 Å². The van der Waals surface area contributed by atoms with Gasteiger partial charge in [0.25, 0.3) is 0 Å². The van der Waals surface area contributed by atoms with Gasteiger partial charge in [0, 0.05) is 12.0 Å². The van der Waals surface area contributed by atoms with Crippen molar-refractivity contribution in [3.05, 3.63) is 11.8 Å². The molecule has 1 aliphatic carbocycles. The minimum absolute atomic E-state index is 0.0786. The molecule has 0 radical (unpaired) electrons. The van der Waals surface area contributed by atoms with Crippen LogP contribution in [0, 0.1) is 5.92 Å². The molecule has 3 unspecified atom stereocenters. The zero-order valence-electron chi connectivity index (χ0n) is 7.16. The Morgan fingerprint density at radius 2 is 2.38 bits per heavy atom. The lowest BCUT2D eigenvalue weighted by Gasteiger charge is -2.27. The molecule has 3 atom stereocenters. The predicted octanol–water partition coefficient (Wildman–Crippen LogP) is 1.06. The van der Waals surface area contributed by atoms with Crippen LogP contribution in [0.4, 0.5) is 4.39 Å². The van der Waals surface area contributed by atoms with Crippen molar-refractivity contribution < 1.29 is 14.3 Å². The molecule has 0 amide bonds. The van der Waals surface area contributed by atoms with Crippen LogP contribution in [0.3, 0.4) is 0 Å². The Bertz CT molecular complexity index is 264. The first-order chi connectivity index (χ1) is 6.16. The standard InChI is InChI=1S/C9H12FNO2/c10-6-1-2-7-5(3-6)4-8(11-7)9(12)13/h4-7,11H,1-3H2,(H,12,13). The van der Waals surface area contributed by atoms with Crippen LogP contribution in [0.15, 0.2) is 11.8 Å². The van der Waals surface area contributed by atoms with E-state index in [4.69, 9.17) is 5.11 Å². The molecule has 0 aromatic carbocycles. The summed E-state index contributed by atoms with van der Waals surface area (Å²) < 4.78 is 12.9. The molecule has 2 rings (SSSR count). The van der Waals surface area contributed by atoms with Gasteiger partial charge in [0.1, 0.15) is 11.9 Å². The molecule has 1 heterocycles. The van der Waals surface area contributed by atoms with Gasteiger partial charge in [-0.2, -0.15) is 0 Å². The number of carboxylic acids is 1. The van der Waals surface area contributed by atoms with E-state index in [1.807, 2.05) is 0 Å². The lowest BCUT2D eigenvalue weighted by molar-refractivity contribution is -0.133. The summed E-state index contributed by atoms with van der Waals surface area (Å²) in [6, 6.07) is 0.151. The van der Waals surface area contributed by atoms with Crippen LogP contribution in [0.25, 0.3) is 0 Å². The Labute approximate surface area is 75.6 Å². The molecule has 2 N–H and O–H groups in total. The van der Waals surface area contributed by atoms with E-state index in [2.05, 4.69) is 5.32 Å². The quantitative estimate of drug-likeness (QED) is 0.642. The zero-order chi connectivity index (χ0) is 9.42. The second-order valence-corrected chi connectivity index (χ2v) is 3.71. The molecule has 0 spiro atoms. The van der Waals surface area contributed by atoms with E-state index in [0.29, 0.717) is 12.8 Å². The van der Waals surface area contributed by atoms with Crippen molar-refractivity contribution in [2.75, 3.05) is 0 Å². The van der Waals surface area contributed by atoms with E-state index in [1.54, 1.807) is 6.08 Å². The molecule has 4 heteroatoms. The first-order valence-electron chi connectivity index (χ1n) is 4.52. The Morgan fingerprint density at radius 3 is 3.08 bits per heavy atom. The van der Waals surface area contributed by atoms with Gasteiger partial charge in [-0.25, -0.2) is 9.18 Å². The molecule has 0 aromatic heterocycles. The monoisotopic (exact) mass is 185 g/mol. The Balaban J connectivity index is 2.08. The van der Waals surface area contributed by atoms with E-state index in [-0.39, 0.29) is 17.7 Å². The summed E-state index contributed by atoms with van der Waals surface area (Å²) in [5, 5.41) is 11.6. The van der Waals surface area contributed by atoms with E-state index in [1.165, 1.54) is 0 Å². The lowest BCUT2D eigenvalue weighted by atomic mass is 9.85. The maximum Gasteiger partial charge on any atom is 0.351 e. The zero-order valence-corrected chi connectivity index (χ0v) is 7.16. The van der Waals surface area contributed by atoms with E-state index >= 15 is 0 Å². The lowest BCUT2D eigenvalue weighted by Crippen LogP contribution is -2.35.